The minimum Gasteiger partial charge on any atom is -0.388 e. The number of amides is 2. The van der Waals surface area contributed by atoms with Gasteiger partial charge in [-0.05, 0) is 31.7 Å². The number of hydrogen-bond donors (Lipinski definition) is 2. The molecule has 7 heteroatoms. The molecule has 2 aliphatic rings. The first-order chi connectivity index (χ1) is 14.5. The van der Waals surface area contributed by atoms with Gasteiger partial charge in [-0.15, -0.1) is 0 Å². The van der Waals surface area contributed by atoms with E-state index < -0.39 is 11.6 Å². The summed E-state index contributed by atoms with van der Waals surface area (Å²) < 4.78 is 0. The standard InChI is InChI=1S/C23H26N4O3/c1-16-13-25-19(14-24-16)22(30)27-12-11-23(20(28)15-27,18-9-3-2-4-10-18)26-21(29)17-7-5-6-8-17/h2-6,9-10,13-14,17,20,28H,7-8,11-12,15H2,1H3,(H,26,29)/t20-,23-/m1/s1. The first-order valence-electron chi connectivity index (χ1n) is 10.3. The molecule has 2 atom stereocenters. The summed E-state index contributed by atoms with van der Waals surface area (Å²) in [6.45, 7) is 2.30. The molecule has 2 heterocycles. The van der Waals surface area contributed by atoms with Crippen LogP contribution in [0.15, 0.2) is 54.9 Å². The molecule has 0 bridgehead atoms. The third kappa shape index (κ3) is 3.85. The predicted molar refractivity (Wildman–Crippen MR) is 111 cm³/mol. The molecule has 0 saturated carbocycles. The van der Waals surface area contributed by atoms with E-state index in [1.54, 1.807) is 11.1 Å². The van der Waals surface area contributed by atoms with Crippen molar-refractivity contribution in [2.24, 2.45) is 5.92 Å². The number of piperidine rings is 1. The van der Waals surface area contributed by atoms with E-state index in [9.17, 15) is 14.7 Å². The molecular weight excluding hydrogens is 380 g/mol. The van der Waals surface area contributed by atoms with Crippen LogP contribution in [0.5, 0.6) is 0 Å². The first kappa shape index (κ1) is 20.2. The lowest BCUT2D eigenvalue weighted by atomic mass is 9.78. The van der Waals surface area contributed by atoms with Crippen molar-refractivity contribution in [1.82, 2.24) is 20.2 Å². The summed E-state index contributed by atoms with van der Waals surface area (Å²) in [7, 11) is 0. The van der Waals surface area contributed by atoms with Crippen molar-refractivity contribution in [3.63, 3.8) is 0 Å². The normalized spacial score (nSPS) is 24.1. The number of aromatic nitrogens is 2. The van der Waals surface area contributed by atoms with Gasteiger partial charge in [-0.2, -0.15) is 0 Å². The predicted octanol–water partition coefficient (Wildman–Crippen LogP) is 1.97. The average Bonchev–Trinajstić information content (AvgIpc) is 3.31. The number of likely N-dealkylation sites (tertiary alicyclic amines) is 1. The molecule has 1 aliphatic heterocycles. The van der Waals surface area contributed by atoms with Crippen molar-refractivity contribution in [1.29, 1.82) is 0 Å². The monoisotopic (exact) mass is 406 g/mol. The Morgan fingerprint density at radius 3 is 2.50 bits per heavy atom. The van der Waals surface area contributed by atoms with Crippen molar-refractivity contribution in [2.75, 3.05) is 13.1 Å². The highest BCUT2D eigenvalue weighted by molar-refractivity contribution is 5.92. The second-order valence-corrected chi connectivity index (χ2v) is 8.03. The number of β-amino-alcohol motifs (C(OH)–C–C–N with tert-alkyl or cyclic N) is 1. The van der Waals surface area contributed by atoms with Crippen LogP contribution in [-0.4, -0.2) is 51.0 Å². The number of aliphatic hydroxyl groups is 1. The molecule has 0 radical (unpaired) electrons. The number of aliphatic hydroxyl groups excluding tert-OH is 1. The second-order valence-electron chi connectivity index (χ2n) is 8.03. The molecule has 30 heavy (non-hydrogen) atoms. The number of benzene rings is 1. The van der Waals surface area contributed by atoms with Gasteiger partial charge in [0.15, 0.2) is 0 Å². The zero-order valence-electron chi connectivity index (χ0n) is 17.0. The third-order valence-electron chi connectivity index (χ3n) is 6.04. The average molecular weight is 406 g/mol. The number of nitrogens with zero attached hydrogens (tertiary/aromatic N) is 3. The minimum absolute atomic E-state index is 0.0629. The molecule has 0 spiro atoms. The number of hydrogen-bond acceptors (Lipinski definition) is 5. The van der Waals surface area contributed by atoms with Gasteiger partial charge in [0.05, 0.1) is 23.5 Å². The summed E-state index contributed by atoms with van der Waals surface area (Å²) in [5, 5.41) is 14.4. The highest BCUT2D eigenvalue weighted by Gasteiger charge is 2.46. The largest absolute Gasteiger partial charge is 0.388 e. The number of carbonyl (C=O) groups excluding carboxylic acids is 2. The second kappa shape index (κ2) is 8.36. The number of carbonyl (C=O) groups is 2. The van der Waals surface area contributed by atoms with E-state index in [2.05, 4.69) is 15.3 Å². The Hall–Kier alpha value is -3.06. The fraction of sp³-hybridized carbons (Fsp3) is 0.391. The van der Waals surface area contributed by atoms with Crippen molar-refractivity contribution in [2.45, 2.75) is 37.8 Å². The summed E-state index contributed by atoms with van der Waals surface area (Å²) in [5.74, 6) is -0.443. The summed E-state index contributed by atoms with van der Waals surface area (Å²) in [4.78, 5) is 35.7. The molecule has 1 aromatic heterocycles. The Bertz CT molecular complexity index is 937. The van der Waals surface area contributed by atoms with Gasteiger partial charge in [-0.3, -0.25) is 14.6 Å². The highest BCUT2D eigenvalue weighted by Crippen LogP contribution is 2.35. The quantitative estimate of drug-likeness (QED) is 0.757. The Morgan fingerprint density at radius 1 is 1.13 bits per heavy atom. The van der Waals surface area contributed by atoms with Crippen LogP contribution in [0.3, 0.4) is 0 Å². The van der Waals surface area contributed by atoms with Crippen molar-refractivity contribution < 1.29 is 14.7 Å². The lowest BCUT2D eigenvalue weighted by Gasteiger charge is -2.46. The topological polar surface area (TPSA) is 95.4 Å². The van der Waals surface area contributed by atoms with Gasteiger partial charge < -0.3 is 15.3 Å². The van der Waals surface area contributed by atoms with Crippen LogP contribution >= 0.6 is 0 Å². The zero-order chi connectivity index (χ0) is 21.1. The number of allylic oxidation sites excluding steroid dienone is 2. The molecule has 156 valence electrons. The van der Waals surface area contributed by atoms with Gasteiger partial charge >= 0.3 is 0 Å². The van der Waals surface area contributed by atoms with E-state index in [1.165, 1.54) is 6.20 Å². The zero-order valence-corrected chi connectivity index (χ0v) is 17.0. The van der Waals surface area contributed by atoms with Crippen LogP contribution in [-0.2, 0) is 10.3 Å². The Labute approximate surface area is 175 Å². The molecule has 2 aromatic rings. The molecular formula is C23H26N4O3. The van der Waals surface area contributed by atoms with E-state index in [4.69, 9.17) is 0 Å². The van der Waals surface area contributed by atoms with Gasteiger partial charge in [0.1, 0.15) is 5.69 Å². The lowest BCUT2D eigenvalue weighted by molar-refractivity contribution is -0.130. The maximum atomic E-state index is 12.9. The molecule has 7 nitrogen and oxygen atoms in total. The maximum absolute atomic E-state index is 12.9. The summed E-state index contributed by atoms with van der Waals surface area (Å²) in [5.41, 5.74) is 0.897. The molecule has 0 unspecified atom stereocenters. The molecule has 1 fully saturated rings. The van der Waals surface area contributed by atoms with E-state index in [0.717, 1.165) is 11.3 Å². The number of rotatable bonds is 4. The van der Waals surface area contributed by atoms with E-state index in [0.29, 0.717) is 25.8 Å². The van der Waals surface area contributed by atoms with Gasteiger partial charge in [0.25, 0.3) is 5.91 Å². The van der Waals surface area contributed by atoms with E-state index in [1.807, 2.05) is 49.4 Å². The van der Waals surface area contributed by atoms with Crippen LogP contribution in [0.1, 0.15) is 41.0 Å². The summed E-state index contributed by atoms with van der Waals surface area (Å²) >= 11 is 0. The third-order valence-corrected chi connectivity index (χ3v) is 6.04. The Kier molecular flexibility index (Phi) is 5.63. The first-order valence-corrected chi connectivity index (χ1v) is 10.3. The minimum atomic E-state index is -0.950. The summed E-state index contributed by atoms with van der Waals surface area (Å²) in [6, 6.07) is 9.53. The van der Waals surface area contributed by atoms with Crippen LogP contribution < -0.4 is 5.32 Å². The number of aryl methyl sites for hydroxylation is 1. The molecule has 2 N–H and O–H groups in total. The molecule has 2 amide bonds. The van der Waals surface area contributed by atoms with Crippen molar-refractivity contribution in [3.05, 3.63) is 71.8 Å². The smallest absolute Gasteiger partial charge is 0.274 e. The van der Waals surface area contributed by atoms with Gasteiger partial charge in [-0.1, -0.05) is 42.5 Å². The Morgan fingerprint density at radius 2 is 1.87 bits per heavy atom. The van der Waals surface area contributed by atoms with Crippen LogP contribution in [0, 0.1) is 12.8 Å². The number of nitrogens with one attached hydrogen (secondary N) is 1. The lowest BCUT2D eigenvalue weighted by Crippen LogP contribution is -2.63. The van der Waals surface area contributed by atoms with Crippen molar-refractivity contribution >= 4 is 11.8 Å². The fourth-order valence-corrected chi connectivity index (χ4v) is 4.23. The summed E-state index contributed by atoms with van der Waals surface area (Å²) in [6.07, 6.45) is 7.92. The molecule has 4 rings (SSSR count). The van der Waals surface area contributed by atoms with Crippen LogP contribution in [0.2, 0.25) is 0 Å². The molecule has 1 saturated heterocycles. The van der Waals surface area contributed by atoms with Gasteiger partial charge in [0, 0.05) is 25.2 Å². The highest BCUT2D eigenvalue weighted by atomic mass is 16.3. The fourth-order valence-electron chi connectivity index (χ4n) is 4.23. The Balaban J connectivity index is 1.56. The van der Waals surface area contributed by atoms with Gasteiger partial charge in [-0.25, -0.2) is 4.98 Å². The van der Waals surface area contributed by atoms with Crippen LogP contribution in [0.25, 0.3) is 0 Å². The van der Waals surface area contributed by atoms with E-state index >= 15 is 0 Å². The van der Waals surface area contributed by atoms with Crippen molar-refractivity contribution in [3.8, 4) is 0 Å². The molecule has 1 aliphatic carbocycles. The SMILES string of the molecule is Cc1cnc(C(=O)N2CC[C@@](NC(=O)C3CC=CC3)(c3ccccc3)[C@H](O)C2)cn1. The van der Waals surface area contributed by atoms with Gasteiger partial charge in [0.2, 0.25) is 5.91 Å². The van der Waals surface area contributed by atoms with E-state index in [-0.39, 0.29) is 30.0 Å². The maximum Gasteiger partial charge on any atom is 0.274 e. The van der Waals surface area contributed by atoms with Crippen LogP contribution in [0.4, 0.5) is 0 Å². The molecule has 1 aromatic carbocycles.